The van der Waals surface area contributed by atoms with Crippen LogP contribution in [0.4, 0.5) is 0 Å². The molecule has 1 aliphatic rings. The average molecular weight is 255 g/mol. The van der Waals surface area contributed by atoms with E-state index in [-0.39, 0.29) is 11.9 Å². The van der Waals surface area contributed by atoms with Gasteiger partial charge in [0, 0.05) is 29.7 Å². The third-order valence-electron chi connectivity index (χ3n) is 2.59. The number of ether oxygens (including phenoxy) is 1. The fourth-order valence-electron chi connectivity index (χ4n) is 1.70. The molecule has 0 aromatic heterocycles. The predicted molar refractivity (Wildman–Crippen MR) is 66.4 cm³/mol. The van der Waals surface area contributed by atoms with Crippen molar-refractivity contribution in [2.24, 2.45) is 0 Å². The summed E-state index contributed by atoms with van der Waals surface area (Å²) in [7, 11) is 0. The van der Waals surface area contributed by atoms with E-state index in [0.717, 1.165) is 13.2 Å². The second kappa shape index (κ2) is 6.00. The van der Waals surface area contributed by atoms with Crippen LogP contribution in [0.25, 0.3) is 0 Å². The van der Waals surface area contributed by atoms with E-state index in [9.17, 15) is 4.79 Å². The van der Waals surface area contributed by atoms with Crippen LogP contribution in [0.2, 0.25) is 5.02 Å². The van der Waals surface area contributed by atoms with Gasteiger partial charge in [-0.15, -0.1) is 0 Å². The summed E-state index contributed by atoms with van der Waals surface area (Å²) in [6.45, 7) is 2.76. The molecule has 92 valence electrons. The van der Waals surface area contributed by atoms with Gasteiger partial charge in [-0.05, 0) is 18.2 Å². The molecule has 0 aliphatic carbocycles. The maximum Gasteiger partial charge on any atom is 0.251 e. The lowest BCUT2D eigenvalue weighted by Gasteiger charge is -2.23. The summed E-state index contributed by atoms with van der Waals surface area (Å²) >= 11 is 5.83. The van der Waals surface area contributed by atoms with Crippen LogP contribution in [0.3, 0.4) is 0 Å². The first kappa shape index (κ1) is 12.4. The van der Waals surface area contributed by atoms with Crippen molar-refractivity contribution >= 4 is 17.5 Å². The highest BCUT2D eigenvalue weighted by atomic mass is 35.5. The van der Waals surface area contributed by atoms with Gasteiger partial charge >= 0.3 is 0 Å². The SMILES string of the molecule is O=C(NCC1COCCN1)c1cccc(Cl)c1. The summed E-state index contributed by atoms with van der Waals surface area (Å²) in [4.78, 5) is 11.8. The summed E-state index contributed by atoms with van der Waals surface area (Å²) < 4.78 is 5.30. The number of rotatable bonds is 3. The van der Waals surface area contributed by atoms with Crippen LogP contribution in [0.5, 0.6) is 0 Å². The Bertz CT molecular complexity index is 392. The molecule has 1 aromatic carbocycles. The Morgan fingerprint density at radius 1 is 1.59 bits per heavy atom. The van der Waals surface area contributed by atoms with Crippen LogP contribution in [-0.4, -0.2) is 38.3 Å². The second-order valence-electron chi connectivity index (χ2n) is 3.95. The number of amides is 1. The van der Waals surface area contributed by atoms with Gasteiger partial charge in [-0.2, -0.15) is 0 Å². The fourth-order valence-corrected chi connectivity index (χ4v) is 1.89. The van der Waals surface area contributed by atoms with Gasteiger partial charge in [0.2, 0.25) is 0 Å². The number of hydrogen-bond donors (Lipinski definition) is 2. The highest BCUT2D eigenvalue weighted by Gasteiger charge is 2.14. The number of nitrogens with one attached hydrogen (secondary N) is 2. The molecule has 1 aromatic rings. The summed E-state index contributed by atoms with van der Waals surface area (Å²) in [5.41, 5.74) is 0.578. The molecule has 17 heavy (non-hydrogen) atoms. The zero-order chi connectivity index (χ0) is 12.1. The minimum absolute atomic E-state index is 0.111. The molecule has 1 saturated heterocycles. The van der Waals surface area contributed by atoms with E-state index >= 15 is 0 Å². The summed E-state index contributed by atoms with van der Waals surface area (Å²) in [5.74, 6) is -0.111. The zero-order valence-corrected chi connectivity index (χ0v) is 10.2. The molecule has 0 radical (unpaired) electrons. The van der Waals surface area contributed by atoms with Gasteiger partial charge in [0.1, 0.15) is 0 Å². The number of carbonyl (C=O) groups is 1. The lowest BCUT2D eigenvalue weighted by atomic mass is 10.2. The molecular formula is C12H15ClN2O2. The Morgan fingerprint density at radius 3 is 3.18 bits per heavy atom. The lowest BCUT2D eigenvalue weighted by molar-refractivity contribution is 0.0734. The van der Waals surface area contributed by atoms with Crippen molar-refractivity contribution in [2.75, 3.05) is 26.3 Å². The maximum absolute atomic E-state index is 11.8. The van der Waals surface area contributed by atoms with Crippen LogP contribution in [0.15, 0.2) is 24.3 Å². The van der Waals surface area contributed by atoms with E-state index in [2.05, 4.69) is 10.6 Å². The van der Waals surface area contributed by atoms with E-state index < -0.39 is 0 Å². The van der Waals surface area contributed by atoms with Gasteiger partial charge in [-0.25, -0.2) is 0 Å². The van der Waals surface area contributed by atoms with Crippen molar-refractivity contribution in [3.63, 3.8) is 0 Å². The highest BCUT2D eigenvalue weighted by molar-refractivity contribution is 6.30. The van der Waals surface area contributed by atoms with Gasteiger partial charge in [-0.3, -0.25) is 4.79 Å². The minimum Gasteiger partial charge on any atom is -0.378 e. The van der Waals surface area contributed by atoms with Crippen LogP contribution in [0, 0.1) is 0 Å². The van der Waals surface area contributed by atoms with Crippen molar-refractivity contribution in [1.29, 1.82) is 0 Å². The molecule has 1 unspecified atom stereocenters. The lowest BCUT2D eigenvalue weighted by Crippen LogP contribution is -2.48. The third-order valence-corrected chi connectivity index (χ3v) is 2.83. The van der Waals surface area contributed by atoms with Crippen molar-refractivity contribution in [2.45, 2.75) is 6.04 Å². The predicted octanol–water partition coefficient (Wildman–Crippen LogP) is 1.06. The molecule has 1 fully saturated rings. The van der Waals surface area contributed by atoms with E-state index in [1.165, 1.54) is 0 Å². The quantitative estimate of drug-likeness (QED) is 0.848. The smallest absolute Gasteiger partial charge is 0.251 e. The first-order chi connectivity index (χ1) is 8.25. The van der Waals surface area contributed by atoms with Gasteiger partial charge in [-0.1, -0.05) is 17.7 Å². The standard InChI is InChI=1S/C12H15ClN2O2/c13-10-3-1-2-9(6-10)12(16)15-7-11-8-17-5-4-14-11/h1-3,6,11,14H,4-5,7-8H2,(H,15,16). The molecule has 1 atom stereocenters. The highest BCUT2D eigenvalue weighted by Crippen LogP contribution is 2.10. The van der Waals surface area contributed by atoms with Gasteiger partial charge in [0.25, 0.3) is 5.91 Å². The topological polar surface area (TPSA) is 50.4 Å². The van der Waals surface area contributed by atoms with E-state index in [1.807, 2.05) is 0 Å². The van der Waals surface area contributed by atoms with Gasteiger partial charge < -0.3 is 15.4 Å². The summed E-state index contributed by atoms with van der Waals surface area (Å²) in [6, 6.07) is 7.09. The van der Waals surface area contributed by atoms with Crippen LogP contribution in [-0.2, 0) is 4.74 Å². The molecular weight excluding hydrogens is 240 g/mol. The first-order valence-electron chi connectivity index (χ1n) is 5.60. The first-order valence-corrected chi connectivity index (χ1v) is 5.98. The normalized spacial score (nSPS) is 19.9. The number of carbonyl (C=O) groups excluding carboxylic acids is 1. The maximum atomic E-state index is 11.8. The molecule has 1 aliphatic heterocycles. The van der Waals surface area contributed by atoms with Crippen LogP contribution < -0.4 is 10.6 Å². The molecule has 1 amide bonds. The molecule has 0 bridgehead atoms. The third kappa shape index (κ3) is 3.70. The summed E-state index contributed by atoms with van der Waals surface area (Å²) in [5, 5.41) is 6.69. The van der Waals surface area contributed by atoms with E-state index in [1.54, 1.807) is 24.3 Å². The van der Waals surface area contributed by atoms with Crippen molar-refractivity contribution in [3.8, 4) is 0 Å². The van der Waals surface area contributed by atoms with Gasteiger partial charge in [0.15, 0.2) is 0 Å². The van der Waals surface area contributed by atoms with Crippen molar-refractivity contribution < 1.29 is 9.53 Å². The van der Waals surface area contributed by atoms with E-state index in [4.69, 9.17) is 16.3 Å². The molecule has 0 saturated carbocycles. The van der Waals surface area contributed by atoms with Gasteiger partial charge in [0.05, 0.1) is 13.2 Å². The monoisotopic (exact) mass is 254 g/mol. The molecule has 2 N–H and O–H groups in total. The summed E-state index contributed by atoms with van der Waals surface area (Å²) in [6.07, 6.45) is 0. The second-order valence-corrected chi connectivity index (χ2v) is 4.38. The Balaban J connectivity index is 1.84. The number of halogens is 1. The number of morpholine rings is 1. The van der Waals surface area contributed by atoms with E-state index in [0.29, 0.717) is 23.7 Å². The molecule has 2 rings (SSSR count). The van der Waals surface area contributed by atoms with Crippen molar-refractivity contribution in [1.82, 2.24) is 10.6 Å². The number of benzene rings is 1. The number of hydrogen-bond acceptors (Lipinski definition) is 3. The molecule has 1 heterocycles. The Labute approximate surface area is 105 Å². The minimum atomic E-state index is -0.111. The Morgan fingerprint density at radius 2 is 2.47 bits per heavy atom. The fraction of sp³-hybridized carbons (Fsp3) is 0.417. The van der Waals surface area contributed by atoms with Crippen LogP contribution >= 0.6 is 11.6 Å². The molecule has 0 spiro atoms. The largest absolute Gasteiger partial charge is 0.378 e. The van der Waals surface area contributed by atoms with Crippen molar-refractivity contribution in [3.05, 3.63) is 34.9 Å². The average Bonchev–Trinajstić information content (AvgIpc) is 2.37. The van der Waals surface area contributed by atoms with Crippen LogP contribution in [0.1, 0.15) is 10.4 Å². The Hall–Kier alpha value is -1.10. The molecule has 5 heteroatoms. The molecule has 4 nitrogen and oxygen atoms in total. The Kier molecular flexibility index (Phi) is 4.36. The zero-order valence-electron chi connectivity index (χ0n) is 9.41.